The molecule has 0 unspecified atom stereocenters. The number of rotatable bonds is 6. The number of alkyl carbamates (subject to hydrolysis) is 1. The molecule has 0 fully saturated rings. The van der Waals surface area contributed by atoms with Crippen molar-refractivity contribution in [2.45, 2.75) is 45.3 Å². The highest BCUT2D eigenvalue weighted by Gasteiger charge is 2.36. The average Bonchev–Trinajstić information content (AvgIpc) is 2.15. The maximum atomic E-state index is 10.9. The van der Waals surface area contributed by atoms with Crippen molar-refractivity contribution in [3.05, 3.63) is 0 Å². The number of ether oxygens (including phenoxy) is 1. The molecule has 1 amide bonds. The number of amides is 1. The summed E-state index contributed by atoms with van der Waals surface area (Å²) in [5.74, 6) is 0. The summed E-state index contributed by atoms with van der Waals surface area (Å²) in [5.41, 5.74) is 0. The van der Waals surface area contributed by atoms with E-state index >= 15 is 0 Å². The van der Waals surface area contributed by atoms with Crippen LogP contribution in [0.5, 0.6) is 0 Å². The van der Waals surface area contributed by atoms with E-state index in [0.717, 1.165) is 6.42 Å². The minimum absolute atomic E-state index is 0.119. The molecule has 0 bridgehead atoms. The first-order valence-electron chi connectivity index (χ1n) is 5.81. The monoisotopic (exact) mass is 281 g/mol. The van der Waals surface area contributed by atoms with Gasteiger partial charge in [-0.15, -0.1) is 0 Å². The molecule has 0 saturated heterocycles. The Bertz CT molecular complexity index is 241. The summed E-state index contributed by atoms with van der Waals surface area (Å²) in [4.78, 5) is 10.9. The quantitative estimate of drug-likeness (QED) is 0.462. The minimum atomic E-state index is -1.66. The second kappa shape index (κ2) is 7.23. The fourth-order valence-corrected chi connectivity index (χ4v) is 2.09. The molecule has 102 valence electrons. The molecule has 0 atom stereocenters. The van der Waals surface area contributed by atoms with Crippen LogP contribution in [0.3, 0.4) is 0 Å². The van der Waals surface area contributed by atoms with Gasteiger partial charge >= 0.3 is 6.09 Å². The van der Waals surface area contributed by atoms with Gasteiger partial charge in [0.15, 0.2) is 14.4 Å². The van der Waals surface area contributed by atoms with Gasteiger partial charge in [0, 0.05) is 13.2 Å². The average molecular weight is 282 g/mol. The Hall–Kier alpha value is -0.263. The molecule has 0 aromatic rings. The molecule has 1 N–H and O–H groups in total. The highest BCUT2D eigenvalue weighted by atomic mass is 35.5. The van der Waals surface area contributed by atoms with Crippen molar-refractivity contribution >= 4 is 26.0 Å². The smallest absolute Gasteiger partial charge is 0.408 e. The maximum absolute atomic E-state index is 10.9. The molecule has 0 aliphatic carbocycles. The molecule has 0 saturated carbocycles. The van der Waals surface area contributed by atoms with Crippen LogP contribution in [0, 0.1) is 0 Å². The molecule has 6 heteroatoms. The van der Waals surface area contributed by atoms with Gasteiger partial charge in [-0.2, -0.15) is 0 Å². The normalized spacial score (nSPS) is 12.4. The van der Waals surface area contributed by atoms with Crippen LogP contribution < -0.4 is 5.32 Å². The second-order valence-electron chi connectivity index (χ2n) is 5.43. The number of nitrogens with one attached hydrogen (secondary N) is 1. The third kappa shape index (κ3) is 6.91. The summed E-state index contributed by atoms with van der Waals surface area (Å²) in [5, 5.41) is 2.82. The van der Waals surface area contributed by atoms with Crippen LogP contribution in [0.25, 0.3) is 0 Å². The zero-order valence-corrected chi connectivity index (χ0v) is 13.2. The molecule has 0 aromatic heterocycles. The molecule has 0 spiro atoms. The topological polar surface area (TPSA) is 47.6 Å². The van der Waals surface area contributed by atoms with E-state index in [1.165, 1.54) is 0 Å². The molecular formula is C11H24ClNO3Si. The van der Waals surface area contributed by atoms with Gasteiger partial charge in [-0.1, -0.05) is 32.4 Å². The number of hydrogen-bond donors (Lipinski definition) is 1. The standard InChI is InChI=1S/C11H24ClNO3Si/c1-11(2,3)17(4,5)16-8-6-7-13-10(14)15-9-12/h6-9H2,1-5H3,(H,13,14). The van der Waals surface area contributed by atoms with E-state index in [0.29, 0.717) is 13.2 Å². The van der Waals surface area contributed by atoms with Crippen LogP contribution in [0.1, 0.15) is 27.2 Å². The van der Waals surface area contributed by atoms with Crippen molar-refractivity contribution in [1.29, 1.82) is 0 Å². The number of halogens is 1. The molecule has 0 heterocycles. The Balaban J connectivity index is 3.69. The van der Waals surface area contributed by atoms with E-state index in [2.05, 4.69) is 43.9 Å². The third-order valence-electron chi connectivity index (χ3n) is 3.05. The van der Waals surface area contributed by atoms with Crippen LogP contribution in [0.15, 0.2) is 0 Å². The highest BCUT2D eigenvalue weighted by Crippen LogP contribution is 2.36. The van der Waals surface area contributed by atoms with Crippen molar-refractivity contribution in [3.63, 3.8) is 0 Å². The van der Waals surface area contributed by atoms with E-state index in [1.54, 1.807) is 0 Å². The van der Waals surface area contributed by atoms with Crippen molar-refractivity contribution in [2.75, 3.05) is 19.2 Å². The molecule has 0 radical (unpaired) electrons. The molecule has 0 aromatic carbocycles. The van der Waals surface area contributed by atoms with Gasteiger partial charge in [0.25, 0.3) is 0 Å². The lowest BCUT2D eigenvalue weighted by atomic mass is 10.2. The Kier molecular flexibility index (Phi) is 7.12. The van der Waals surface area contributed by atoms with Gasteiger partial charge < -0.3 is 14.5 Å². The zero-order chi connectivity index (χ0) is 13.5. The van der Waals surface area contributed by atoms with E-state index in [4.69, 9.17) is 16.0 Å². The second-order valence-corrected chi connectivity index (χ2v) is 10.5. The van der Waals surface area contributed by atoms with Gasteiger partial charge in [-0.05, 0) is 24.6 Å². The summed E-state index contributed by atoms with van der Waals surface area (Å²) in [6.45, 7) is 12.2. The molecule has 17 heavy (non-hydrogen) atoms. The molecule has 4 nitrogen and oxygen atoms in total. The van der Waals surface area contributed by atoms with Crippen LogP contribution in [0.4, 0.5) is 4.79 Å². The number of carbonyl (C=O) groups excluding carboxylic acids is 1. The number of carbonyl (C=O) groups is 1. The van der Waals surface area contributed by atoms with Crippen LogP contribution in [0.2, 0.25) is 18.1 Å². The largest absolute Gasteiger partial charge is 0.433 e. The zero-order valence-electron chi connectivity index (χ0n) is 11.4. The van der Waals surface area contributed by atoms with Crippen molar-refractivity contribution in [3.8, 4) is 0 Å². The SMILES string of the molecule is CC(C)(C)[Si](C)(C)OCCCNC(=O)OCCl. The fourth-order valence-electron chi connectivity index (χ4n) is 0.907. The summed E-state index contributed by atoms with van der Waals surface area (Å²) in [6.07, 6.45) is 0.302. The Labute approximate surface area is 110 Å². The van der Waals surface area contributed by atoms with Crippen molar-refractivity contribution < 1.29 is 14.0 Å². The first-order valence-corrected chi connectivity index (χ1v) is 9.25. The Morgan fingerprint density at radius 1 is 1.35 bits per heavy atom. The first-order chi connectivity index (χ1) is 7.70. The van der Waals surface area contributed by atoms with E-state index in [-0.39, 0.29) is 11.1 Å². The van der Waals surface area contributed by atoms with Crippen LogP contribution >= 0.6 is 11.6 Å². The summed E-state index contributed by atoms with van der Waals surface area (Å²) in [6, 6.07) is -0.119. The summed E-state index contributed by atoms with van der Waals surface area (Å²) >= 11 is 5.24. The summed E-state index contributed by atoms with van der Waals surface area (Å²) in [7, 11) is -1.66. The van der Waals surface area contributed by atoms with Gasteiger partial charge in [-0.25, -0.2) is 4.79 Å². The lowest BCUT2D eigenvalue weighted by molar-refractivity contribution is 0.163. The van der Waals surface area contributed by atoms with Crippen molar-refractivity contribution in [2.24, 2.45) is 0 Å². The van der Waals surface area contributed by atoms with Crippen LogP contribution in [-0.4, -0.2) is 33.6 Å². The lowest BCUT2D eigenvalue weighted by Crippen LogP contribution is -2.41. The van der Waals surface area contributed by atoms with Gasteiger partial charge in [0.1, 0.15) is 0 Å². The molecule has 0 rings (SSSR count). The van der Waals surface area contributed by atoms with Gasteiger partial charge in [-0.3, -0.25) is 0 Å². The highest BCUT2D eigenvalue weighted by molar-refractivity contribution is 6.74. The first kappa shape index (κ1) is 16.7. The predicted octanol–water partition coefficient (Wildman–Crippen LogP) is 3.32. The lowest BCUT2D eigenvalue weighted by Gasteiger charge is -2.36. The van der Waals surface area contributed by atoms with E-state index < -0.39 is 14.4 Å². The number of hydrogen-bond acceptors (Lipinski definition) is 3. The maximum Gasteiger partial charge on any atom is 0.408 e. The Morgan fingerprint density at radius 3 is 2.41 bits per heavy atom. The number of alkyl halides is 1. The van der Waals surface area contributed by atoms with Gasteiger partial charge in [0.05, 0.1) is 0 Å². The Morgan fingerprint density at radius 2 is 1.94 bits per heavy atom. The van der Waals surface area contributed by atoms with E-state index in [1.807, 2.05) is 0 Å². The molecular weight excluding hydrogens is 258 g/mol. The fraction of sp³-hybridized carbons (Fsp3) is 0.909. The van der Waals surface area contributed by atoms with Gasteiger partial charge in [0.2, 0.25) is 0 Å². The van der Waals surface area contributed by atoms with Crippen LogP contribution in [-0.2, 0) is 9.16 Å². The molecule has 0 aliphatic rings. The van der Waals surface area contributed by atoms with Crippen molar-refractivity contribution in [1.82, 2.24) is 5.32 Å². The van der Waals surface area contributed by atoms with E-state index in [9.17, 15) is 4.79 Å². The third-order valence-corrected chi connectivity index (χ3v) is 7.69. The summed E-state index contributed by atoms with van der Waals surface area (Å²) < 4.78 is 10.5. The molecule has 0 aliphatic heterocycles. The minimum Gasteiger partial charge on any atom is -0.433 e. The predicted molar refractivity (Wildman–Crippen MR) is 73.0 cm³/mol.